The number of anilines is 1. The molecule has 0 unspecified atom stereocenters. The van der Waals surface area contributed by atoms with Gasteiger partial charge in [0.2, 0.25) is 0 Å². The maximum absolute atomic E-state index is 5.65. The first-order chi connectivity index (χ1) is 9.45. The minimum atomic E-state index is -0.495. The Morgan fingerprint density at radius 3 is 2.20 bits per heavy atom. The predicted molar refractivity (Wildman–Crippen MR) is 77.7 cm³/mol. The Bertz CT molecular complexity index is 463. The third-order valence-electron chi connectivity index (χ3n) is 3.35. The molecular weight excluding hydrogens is 258 g/mol. The SMILES string of the molecule is COc1cc(C)c(NC2COC(C)(C)OC2)cc1OC. The topological polar surface area (TPSA) is 49.0 Å². The van der Waals surface area contributed by atoms with Gasteiger partial charge < -0.3 is 24.3 Å². The molecule has 1 aliphatic rings. The number of ether oxygens (including phenoxy) is 4. The molecule has 5 heteroatoms. The van der Waals surface area contributed by atoms with Crippen molar-refractivity contribution in [3.05, 3.63) is 17.7 Å². The zero-order valence-electron chi connectivity index (χ0n) is 12.8. The Kier molecular flexibility index (Phi) is 4.40. The highest BCUT2D eigenvalue weighted by Crippen LogP contribution is 2.33. The van der Waals surface area contributed by atoms with Crippen molar-refractivity contribution in [3.8, 4) is 11.5 Å². The zero-order valence-corrected chi connectivity index (χ0v) is 12.8. The van der Waals surface area contributed by atoms with Gasteiger partial charge in [0.05, 0.1) is 33.5 Å². The summed E-state index contributed by atoms with van der Waals surface area (Å²) in [6, 6.07) is 4.02. The Labute approximate surface area is 120 Å². The molecule has 1 saturated heterocycles. The first kappa shape index (κ1) is 14.9. The van der Waals surface area contributed by atoms with Crippen molar-refractivity contribution in [1.82, 2.24) is 0 Å². The van der Waals surface area contributed by atoms with E-state index in [4.69, 9.17) is 18.9 Å². The highest BCUT2D eigenvalue weighted by atomic mass is 16.7. The van der Waals surface area contributed by atoms with Gasteiger partial charge >= 0.3 is 0 Å². The molecule has 1 aromatic carbocycles. The van der Waals surface area contributed by atoms with Crippen LogP contribution in [-0.2, 0) is 9.47 Å². The highest BCUT2D eigenvalue weighted by Gasteiger charge is 2.28. The van der Waals surface area contributed by atoms with Crippen LogP contribution < -0.4 is 14.8 Å². The van der Waals surface area contributed by atoms with Gasteiger partial charge in [0, 0.05) is 11.8 Å². The van der Waals surface area contributed by atoms with Crippen LogP contribution in [-0.4, -0.2) is 39.3 Å². The largest absolute Gasteiger partial charge is 0.493 e. The molecule has 1 fully saturated rings. The molecule has 5 nitrogen and oxygen atoms in total. The molecule has 0 amide bonds. The van der Waals surface area contributed by atoms with Crippen molar-refractivity contribution in [2.24, 2.45) is 0 Å². The van der Waals surface area contributed by atoms with Crippen LogP contribution in [0.1, 0.15) is 19.4 Å². The average Bonchev–Trinajstić information content (AvgIpc) is 2.42. The van der Waals surface area contributed by atoms with Crippen LogP contribution in [0.3, 0.4) is 0 Å². The van der Waals surface area contributed by atoms with E-state index in [1.807, 2.05) is 32.9 Å². The molecule has 0 aliphatic carbocycles. The van der Waals surface area contributed by atoms with Gasteiger partial charge in [0.15, 0.2) is 17.3 Å². The van der Waals surface area contributed by atoms with Crippen LogP contribution in [0.5, 0.6) is 11.5 Å². The van der Waals surface area contributed by atoms with Crippen molar-refractivity contribution in [2.45, 2.75) is 32.6 Å². The van der Waals surface area contributed by atoms with Crippen molar-refractivity contribution >= 4 is 5.69 Å². The number of nitrogens with one attached hydrogen (secondary N) is 1. The summed E-state index contributed by atoms with van der Waals surface area (Å²) in [6.07, 6.45) is 0. The summed E-state index contributed by atoms with van der Waals surface area (Å²) >= 11 is 0. The molecule has 1 aromatic rings. The second-order valence-corrected chi connectivity index (χ2v) is 5.39. The lowest BCUT2D eigenvalue weighted by Gasteiger charge is -2.35. The summed E-state index contributed by atoms with van der Waals surface area (Å²) in [5, 5.41) is 3.43. The van der Waals surface area contributed by atoms with E-state index >= 15 is 0 Å². The monoisotopic (exact) mass is 281 g/mol. The van der Waals surface area contributed by atoms with E-state index in [2.05, 4.69) is 5.32 Å². The second-order valence-electron chi connectivity index (χ2n) is 5.39. The number of benzene rings is 1. The Balaban J connectivity index is 2.10. The Hall–Kier alpha value is -1.46. The summed E-state index contributed by atoms with van der Waals surface area (Å²) in [5.41, 5.74) is 2.09. The fourth-order valence-electron chi connectivity index (χ4n) is 2.13. The maximum Gasteiger partial charge on any atom is 0.162 e. The molecule has 20 heavy (non-hydrogen) atoms. The molecule has 0 saturated carbocycles. The van der Waals surface area contributed by atoms with Gasteiger partial charge in [0.1, 0.15) is 0 Å². The average molecular weight is 281 g/mol. The third kappa shape index (κ3) is 3.35. The molecule has 112 valence electrons. The number of methoxy groups -OCH3 is 2. The van der Waals surface area contributed by atoms with Crippen LogP contribution in [0, 0.1) is 6.92 Å². The predicted octanol–water partition coefficient (Wildman–Crippen LogP) is 2.58. The molecule has 0 bridgehead atoms. The summed E-state index contributed by atoms with van der Waals surface area (Å²) in [7, 11) is 3.27. The standard InChI is InChI=1S/C15H23NO4/c1-10-6-13(17-4)14(18-5)7-12(10)16-11-8-19-15(2,3)20-9-11/h6-7,11,16H,8-9H2,1-5H3. The first-order valence-electron chi connectivity index (χ1n) is 6.72. The molecule has 1 heterocycles. The van der Waals surface area contributed by atoms with E-state index in [0.29, 0.717) is 19.0 Å². The third-order valence-corrected chi connectivity index (χ3v) is 3.35. The Morgan fingerprint density at radius 1 is 1.10 bits per heavy atom. The lowest BCUT2D eigenvalue weighted by Crippen LogP contribution is -2.45. The Morgan fingerprint density at radius 2 is 1.65 bits per heavy atom. The van der Waals surface area contributed by atoms with E-state index in [9.17, 15) is 0 Å². The quantitative estimate of drug-likeness (QED) is 0.919. The van der Waals surface area contributed by atoms with Gasteiger partial charge in [-0.25, -0.2) is 0 Å². The number of hydrogen-bond donors (Lipinski definition) is 1. The molecule has 0 aromatic heterocycles. The molecule has 0 spiro atoms. The minimum Gasteiger partial charge on any atom is -0.493 e. The summed E-state index contributed by atoms with van der Waals surface area (Å²) in [6.45, 7) is 7.09. The zero-order chi connectivity index (χ0) is 14.8. The van der Waals surface area contributed by atoms with Crippen LogP contribution in [0.4, 0.5) is 5.69 Å². The van der Waals surface area contributed by atoms with E-state index in [0.717, 1.165) is 17.0 Å². The summed E-state index contributed by atoms with van der Waals surface area (Å²) in [5.74, 6) is 0.941. The number of rotatable bonds is 4. The van der Waals surface area contributed by atoms with Crippen LogP contribution >= 0.6 is 0 Å². The fourth-order valence-corrected chi connectivity index (χ4v) is 2.13. The minimum absolute atomic E-state index is 0.125. The van der Waals surface area contributed by atoms with Gasteiger partial charge in [-0.1, -0.05) is 0 Å². The van der Waals surface area contributed by atoms with Crippen LogP contribution in [0.2, 0.25) is 0 Å². The molecular formula is C15H23NO4. The second kappa shape index (κ2) is 5.89. The van der Waals surface area contributed by atoms with Crippen molar-refractivity contribution in [1.29, 1.82) is 0 Å². The highest BCUT2D eigenvalue weighted by molar-refractivity contribution is 5.60. The van der Waals surface area contributed by atoms with Gasteiger partial charge in [-0.2, -0.15) is 0 Å². The molecule has 1 N–H and O–H groups in total. The summed E-state index contributed by atoms with van der Waals surface area (Å²) in [4.78, 5) is 0. The van der Waals surface area contributed by atoms with E-state index in [1.54, 1.807) is 14.2 Å². The molecule has 0 radical (unpaired) electrons. The fraction of sp³-hybridized carbons (Fsp3) is 0.600. The molecule has 2 rings (SSSR count). The van der Waals surface area contributed by atoms with E-state index < -0.39 is 5.79 Å². The van der Waals surface area contributed by atoms with Crippen molar-refractivity contribution < 1.29 is 18.9 Å². The normalized spacial score (nSPS) is 18.6. The van der Waals surface area contributed by atoms with E-state index in [1.165, 1.54) is 0 Å². The smallest absolute Gasteiger partial charge is 0.162 e. The molecule has 0 atom stereocenters. The van der Waals surface area contributed by atoms with Crippen molar-refractivity contribution in [3.63, 3.8) is 0 Å². The van der Waals surface area contributed by atoms with Crippen molar-refractivity contribution in [2.75, 3.05) is 32.8 Å². The van der Waals surface area contributed by atoms with E-state index in [-0.39, 0.29) is 6.04 Å². The lowest BCUT2D eigenvalue weighted by molar-refractivity contribution is -0.247. The van der Waals surface area contributed by atoms with Gasteiger partial charge in [0.25, 0.3) is 0 Å². The van der Waals surface area contributed by atoms with Gasteiger partial charge in [-0.15, -0.1) is 0 Å². The number of aryl methyl sites for hydroxylation is 1. The van der Waals surface area contributed by atoms with Crippen LogP contribution in [0.15, 0.2) is 12.1 Å². The summed E-state index contributed by atoms with van der Waals surface area (Å²) < 4.78 is 21.9. The number of hydrogen-bond acceptors (Lipinski definition) is 5. The maximum atomic E-state index is 5.65. The first-order valence-corrected chi connectivity index (χ1v) is 6.72. The molecule has 1 aliphatic heterocycles. The lowest BCUT2D eigenvalue weighted by atomic mass is 10.1. The van der Waals surface area contributed by atoms with Gasteiger partial charge in [-0.05, 0) is 32.4 Å². The van der Waals surface area contributed by atoms with Gasteiger partial charge in [-0.3, -0.25) is 0 Å². The van der Waals surface area contributed by atoms with Crippen LogP contribution in [0.25, 0.3) is 0 Å².